The number of rotatable bonds is 3. The predicted molar refractivity (Wildman–Crippen MR) is 74.5 cm³/mol. The molecule has 2 rings (SSSR count). The highest BCUT2D eigenvalue weighted by Crippen LogP contribution is 2.28. The molecule has 0 aliphatic heterocycles. The third kappa shape index (κ3) is 3.80. The van der Waals surface area contributed by atoms with E-state index in [9.17, 15) is 9.59 Å². The molecule has 0 saturated heterocycles. The predicted octanol–water partition coefficient (Wildman–Crippen LogP) is 2.31. The van der Waals surface area contributed by atoms with Crippen LogP contribution in [-0.2, 0) is 22.4 Å². The van der Waals surface area contributed by atoms with Crippen molar-refractivity contribution < 1.29 is 14.3 Å². The maximum Gasteiger partial charge on any atom is 0.348 e. The molecule has 1 aliphatic carbocycles. The maximum absolute atomic E-state index is 11.9. The lowest BCUT2D eigenvalue weighted by atomic mass is 10.00. The number of carbonyl (C=O) groups excluding carboxylic acids is 2. The largest absolute Gasteiger partial charge is 0.451 e. The van der Waals surface area contributed by atoms with Gasteiger partial charge in [0.2, 0.25) is 0 Å². The van der Waals surface area contributed by atoms with Gasteiger partial charge in [-0.25, -0.2) is 4.79 Å². The lowest BCUT2D eigenvalue weighted by molar-refractivity contribution is -0.123. The lowest BCUT2D eigenvalue weighted by Crippen LogP contribution is -2.24. The number of aryl methyl sites for hydroxylation is 2. The van der Waals surface area contributed by atoms with Crippen molar-refractivity contribution in [1.29, 1.82) is 0 Å². The molecule has 0 atom stereocenters. The number of ether oxygens (including phenoxy) is 1. The van der Waals surface area contributed by atoms with Crippen LogP contribution in [0.3, 0.4) is 0 Å². The number of fused-ring (bicyclic) bond motifs is 1. The number of thiophene rings is 1. The van der Waals surface area contributed by atoms with E-state index in [2.05, 4.69) is 5.32 Å². The van der Waals surface area contributed by atoms with Crippen LogP contribution in [0.2, 0.25) is 0 Å². The summed E-state index contributed by atoms with van der Waals surface area (Å²) in [5, 5.41) is 2.42. The Labute approximate surface area is 117 Å². The second kappa shape index (κ2) is 6.70. The van der Waals surface area contributed by atoms with Crippen LogP contribution in [0, 0.1) is 0 Å². The SMILES string of the molecule is CNC(=O)COC(=O)c1cc2c(s1)CCCCCC2. The van der Waals surface area contributed by atoms with Crippen LogP contribution in [0.25, 0.3) is 0 Å². The van der Waals surface area contributed by atoms with E-state index in [0.29, 0.717) is 4.88 Å². The molecule has 1 amide bonds. The fraction of sp³-hybridized carbons (Fsp3) is 0.571. The summed E-state index contributed by atoms with van der Waals surface area (Å²) in [6.45, 7) is -0.210. The summed E-state index contributed by atoms with van der Waals surface area (Å²) in [5.74, 6) is -0.677. The van der Waals surface area contributed by atoms with E-state index in [-0.39, 0.29) is 18.5 Å². The molecule has 0 unspecified atom stereocenters. The number of nitrogens with one attached hydrogen (secondary N) is 1. The molecule has 104 valence electrons. The summed E-state index contributed by atoms with van der Waals surface area (Å²) in [4.78, 5) is 24.8. The zero-order valence-electron chi connectivity index (χ0n) is 11.2. The van der Waals surface area contributed by atoms with Crippen LogP contribution < -0.4 is 5.32 Å². The smallest absolute Gasteiger partial charge is 0.348 e. The molecule has 4 nitrogen and oxygen atoms in total. The summed E-state index contributed by atoms with van der Waals surface area (Å²) < 4.78 is 4.98. The second-order valence-electron chi connectivity index (χ2n) is 4.72. The fourth-order valence-corrected chi connectivity index (χ4v) is 3.37. The molecule has 1 heterocycles. The van der Waals surface area contributed by atoms with Crippen molar-refractivity contribution in [2.75, 3.05) is 13.7 Å². The third-order valence-electron chi connectivity index (χ3n) is 3.31. The highest BCUT2D eigenvalue weighted by atomic mass is 32.1. The number of amides is 1. The maximum atomic E-state index is 11.9. The van der Waals surface area contributed by atoms with Crippen molar-refractivity contribution in [1.82, 2.24) is 5.32 Å². The number of likely N-dealkylation sites (N-methyl/N-ethyl adjacent to an activating group) is 1. The summed E-state index contributed by atoms with van der Waals surface area (Å²) >= 11 is 1.52. The van der Waals surface area contributed by atoms with Crippen molar-refractivity contribution in [3.63, 3.8) is 0 Å². The average Bonchev–Trinajstić information content (AvgIpc) is 2.78. The zero-order chi connectivity index (χ0) is 13.7. The quantitative estimate of drug-likeness (QED) is 0.865. The highest BCUT2D eigenvalue weighted by Gasteiger charge is 2.17. The second-order valence-corrected chi connectivity index (χ2v) is 5.86. The van der Waals surface area contributed by atoms with Gasteiger partial charge in [-0.3, -0.25) is 4.79 Å². The minimum atomic E-state index is -0.389. The standard InChI is InChI=1S/C14H19NO3S/c1-15-13(16)9-18-14(17)12-8-10-6-4-2-3-5-7-11(10)19-12/h8H,2-7,9H2,1H3,(H,15,16). The molecular weight excluding hydrogens is 262 g/mol. The Morgan fingerprint density at radius 1 is 1.26 bits per heavy atom. The fourth-order valence-electron chi connectivity index (χ4n) is 2.22. The van der Waals surface area contributed by atoms with Crippen molar-refractivity contribution in [3.05, 3.63) is 21.4 Å². The molecular formula is C14H19NO3S. The van der Waals surface area contributed by atoms with Crippen molar-refractivity contribution in [2.24, 2.45) is 0 Å². The Bertz CT molecular complexity index is 442. The number of hydrogen-bond donors (Lipinski definition) is 1. The minimum Gasteiger partial charge on any atom is -0.451 e. The highest BCUT2D eigenvalue weighted by molar-refractivity contribution is 7.14. The number of hydrogen-bond acceptors (Lipinski definition) is 4. The topological polar surface area (TPSA) is 55.4 Å². The van der Waals surface area contributed by atoms with Gasteiger partial charge in [-0.05, 0) is 37.3 Å². The molecule has 1 aliphatic rings. The normalized spacial score (nSPS) is 15.0. The average molecular weight is 281 g/mol. The van der Waals surface area contributed by atoms with Crippen LogP contribution in [0.15, 0.2) is 6.07 Å². The monoisotopic (exact) mass is 281 g/mol. The lowest BCUT2D eigenvalue weighted by Gasteiger charge is -2.07. The molecule has 19 heavy (non-hydrogen) atoms. The molecule has 0 saturated carbocycles. The minimum absolute atomic E-state index is 0.210. The van der Waals surface area contributed by atoms with Gasteiger partial charge in [-0.2, -0.15) is 0 Å². The van der Waals surface area contributed by atoms with Crippen LogP contribution in [0.1, 0.15) is 45.8 Å². The molecule has 5 heteroatoms. The Kier molecular flexibility index (Phi) is 4.96. The van der Waals surface area contributed by atoms with Gasteiger partial charge in [0.25, 0.3) is 5.91 Å². The van der Waals surface area contributed by atoms with Gasteiger partial charge in [-0.1, -0.05) is 12.8 Å². The van der Waals surface area contributed by atoms with Crippen LogP contribution in [0.4, 0.5) is 0 Å². The first-order valence-corrected chi connectivity index (χ1v) is 7.51. The van der Waals surface area contributed by atoms with Gasteiger partial charge in [0.15, 0.2) is 6.61 Å². The van der Waals surface area contributed by atoms with E-state index in [4.69, 9.17) is 4.74 Å². The molecule has 1 N–H and O–H groups in total. The summed E-state index contributed by atoms with van der Waals surface area (Å²) in [5.41, 5.74) is 1.29. The number of carbonyl (C=O) groups is 2. The van der Waals surface area contributed by atoms with Gasteiger partial charge in [0.1, 0.15) is 4.88 Å². The van der Waals surface area contributed by atoms with Gasteiger partial charge in [0.05, 0.1) is 0 Å². The van der Waals surface area contributed by atoms with E-state index < -0.39 is 0 Å². The van der Waals surface area contributed by atoms with E-state index in [1.807, 2.05) is 6.07 Å². The zero-order valence-corrected chi connectivity index (χ0v) is 12.0. The van der Waals surface area contributed by atoms with Gasteiger partial charge in [-0.15, -0.1) is 11.3 Å². The summed E-state index contributed by atoms with van der Waals surface area (Å²) in [6.07, 6.45) is 7.04. The van der Waals surface area contributed by atoms with Gasteiger partial charge >= 0.3 is 5.97 Å². The first-order valence-electron chi connectivity index (χ1n) is 6.70. The Morgan fingerprint density at radius 3 is 2.74 bits per heavy atom. The molecule has 0 fully saturated rings. The first-order chi connectivity index (χ1) is 9.20. The Hall–Kier alpha value is -1.36. The Balaban J connectivity index is 2.02. The van der Waals surface area contributed by atoms with Crippen molar-refractivity contribution in [3.8, 4) is 0 Å². The molecule has 0 bridgehead atoms. The first kappa shape index (κ1) is 14.1. The molecule has 0 aromatic carbocycles. The Morgan fingerprint density at radius 2 is 2.00 bits per heavy atom. The van der Waals surface area contributed by atoms with Crippen molar-refractivity contribution >= 4 is 23.2 Å². The van der Waals surface area contributed by atoms with E-state index in [0.717, 1.165) is 12.8 Å². The van der Waals surface area contributed by atoms with E-state index in [1.54, 1.807) is 0 Å². The van der Waals surface area contributed by atoms with Crippen LogP contribution in [0.5, 0.6) is 0 Å². The van der Waals surface area contributed by atoms with Crippen LogP contribution in [-0.4, -0.2) is 25.5 Å². The summed E-state index contributed by atoms with van der Waals surface area (Å²) in [6, 6.07) is 1.94. The van der Waals surface area contributed by atoms with Gasteiger partial charge in [0, 0.05) is 11.9 Å². The van der Waals surface area contributed by atoms with Crippen molar-refractivity contribution in [2.45, 2.75) is 38.5 Å². The molecule has 0 radical (unpaired) electrons. The van der Waals surface area contributed by atoms with E-state index >= 15 is 0 Å². The molecule has 0 spiro atoms. The third-order valence-corrected chi connectivity index (χ3v) is 4.53. The van der Waals surface area contributed by atoms with E-state index in [1.165, 1.54) is 54.5 Å². The van der Waals surface area contributed by atoms with Crippen LogP contribution >= 0.6 is 11.3 Å². The number of esters is 1. The molecule has 1 aromatic heterocycles. The summed E-state index contributed by atoms with van der Waals surface area (Å²) in [7, 11) is 1.52. The van der Waals surface area contributed by atoms with Gasteiger partial charge < -0.3 is 10.1 Å². The molecule has 1 aromatic rings.